The van der Waals surface area contributed by atoms with Crippen molar-refractivity contribution in [2.75, 3.05) is 11.9 Å². The van der Waals surface area contributed by atoms with E-state index in [1.165, 1.54) is 25.0 Å². The Balaban J connectivity index is 1.79. The van der Waals surface area contributed by atoms with Gasteiger partial charge in [-0.05, 0) is 37.0 Å². The lowest BCUT2D eigenvalue weighted by Crippen LogP contribution is -2.30. The zero-order chi connectivity index (χ0) is 14.5. The van der Waals surface area contributed by atoms with Crippen LogP contribution in [0.1, 0.15) is 36.0 Å². The van der Waals surface area contributed by atoms with E-state index in [4.69, 9.17) is 5.11 Å². The molecule has 0 unspecified atom stereocenters. The van der Waals surface area contributed by atoms with Gasteiger partial charge in [0.2, 0.25) is 0 Å². The van der Waals surface area contributed by atoms with E-state index in [0.29, 0.717) is 6.54 Å². The maximum atomic E-state index is 13.6. The van der Waals surface area contributed by atoms with Crippen LogP contribution in [0.5, 0.6) is 0 Å². The highest BCUT2D eigenvalue weighted by molar-refractivity contribution is 5.91. The molecule has 1 aliphatic carbocycles. The Morgan fingerprint density at radius 3 is 2.70 bits per heavy atom. The molecule has 0 bridgehead atoms. The standard InChI is InChI=1S/C14H17FN2O3/c15-11-8-10(13(18)19)5-6-12(11)17-14(20)16-7-1-2-9-3-4-9/h5-6,8-9H,1-4,7H2,(H,18,19)(H2,16,17,20). The fourth-order valence-electron chi connectivity index (χ4n) is 1.92. The second-order valence-corrected chi connectivity index (χ2v) is 4.97. The van der Waals surface area contributed by atoms with Crippen LogP contribution < -0.4 is 10.6 Å². The first kappa shape index (κ1) is 14.3. The number of nitrogens with one attached hydrogen (secondary N) is 2. The van der Waals surface area contributed by atoms with Gasteiger partial charge in [0.05, 0.1) is 11.3 Å². The van der Waals surface area contributed by atoms with E-state index in [1.54, 1.807) is 0 Å². The molecule has 20 heavy (non-hydrogen) atoms. The summed E-state index contributed by atoms with van der Waals surface area (Å²) in [6.45, 7) is 0.553. The fourth-order valence-corrected chi connectivity index (χ4v) is 1.92. The lowest BCUT2D eigenvalue weighted by molar-refractivity contribution is 0.0696. The average molecular weight is 280 g/mol. The van der Waals surface area contributed by atoms with Crippen LogP contribution in [0.3, 0.4) is 0 Å². The van der Waals surface area contributed by atoms with Crippen LogP contribution in [-0.2, 0) is 0 Å². The summed E-state index contributed by atoms with van der Waals surface area (Å²) in [5.74, 6) is -1.15. The number of benzene rings is 1. The van der Waals surface area contributed by atoms with Crippen molar-refractivity contribution in [1.82, 2.24) is 5.32 Å². The van der Waals surface area contributed by atoms with Gasteiger partial charge >= 0.3 is 12.0 Å². The quantitative estimate of drug-likeness (QED) is 0.701. The fraction of sp³-hybridized carbons (Fsp3) is 0.429. The summed E-state index contributed by atoms with van der Waals surface area (Å²) < 4.78 is 13.6. The van der Waals surface area contributed by atoms with E-state index in [2.05, 4.69) is 10.6 Å². The molecule has 3 N–H and O–H groups in total. The Morgan fingerprint density at radius 1 is 1.35 bits per heavy atom. The molecule has 6 heteroatoms. The monoisotopic (exact) mass is 280 g/mol. The first-order chi connectivity index (χ1) is 9.56. The van der Waals surface area contributed by atoms with E-state index in [0.717, 1.165) is 24.8 Å². The lowest BCUT2D eigenvalue weighted by atomic mass is 10.2. The summed E-state index contributed by atoms with van der Waals surface area (Å²) in [5, 5.41) is 13.7. The first-order valence-electron chi connectivity index (χ1n) is 6.64. The molecule has 0 radical (unpaired) electrons. The number of carboxylic acids is 1. The maximum absolute atomic E-state index is 13.6. The van der Waals surface area contributed by atoms with Crippen LogP contribution in [-0.4, -0.2) is 23.7 Å². The molecule has 5 nitrogen and oxygen atoms in total. The highest BCUT2D eigenvalue weighted by atomic mass is 19.1. The summed E-state index contributed by atoms with van der Waals surface area (Å²) in [5.41, 5.74) is -0.187. The van der Waals surface area contributed by atoms with Gasteiger partial charge in [-0.1, -0.05) is 12.8 Å². The third-order valence-electron chi connectivity index (χ3n) is 3.24. The third-order valence-corrected chi connectivity index (χ3v) is 3.24. The van der Waals surface area contributed by atoms with Crippen LogP contribution in [0.2, 0.25) is 0 Å². The molecule has 1 fully saturated rings. The molecule has 1 aliphatic rings. The van der Waals surface area contributed by atoms with E-state index in [-0.39, 0.29) is 11.3 Å². The van der Waals surface area contributed by atoms with Crippen molar-refractivity contribution in [1.29, 1.82) is 0 Å². The number of aromatic carboxylic acids is 1. The third kappa shape index (κ3) is 4.22. The molecule has 108 valence electrons. The Kier molecular flexibility index (Phi) is 4.55. The van der Waals surface area contributed by atoms with Gasteiger partial charge in [0.1, 0.15) is 5.82 Å². The number of hydrogen-bond acceptors (Lipinski definition) is 2. The van der Waals surface area contributed by atoms with Gasteiger partial charge in [0.15, 0.2) is 0 Å². The number of hydrogen-bond donors (Lipinski definition) is 3. The number of anilines is 1. The molecule has 2 rings (SSSR count). The van der Waals surface area contributed by atoms with Crippen LogP contribution in [0.15, 0.2) is 18.2 Å². The number of amides is 2. The van der Waals surface area contributed by atoms with Crippen LogP contribution in [0.4, 0.5) is 14.9 Å². The Labute approximate surface area is 116 Å². The topological polar surface area (TPSA) is 78.4 Å². The predicted molar refractivity (Wildman–Crippen MR) is 72.3 cm³/mol. The number of carboxylic acid groups (broad SMARTS) is 1. The summed E-state index contributed by atoms with van der Waals surface area (Å²) in [6, 6.07) is 2.88. The van der Waals surface area contributed by atoms with Crippen LogP contribution >= 0.6 is 0 Å². The molecule has 0 spiro atoms. The maximum Gasteiger partial charge on any atom is 0.335 e. The average Bonchev–Trinajstić information content (AvgIpc) is 3.21. The van der Waals surface area contributed by atoms with Crippen LogP contribution in [0, 0.1) is 11.7 Å². The van der Waals surface area contributed by atoms with Gasteiger partial charge in [0, 0.05) is 6.54 Å². The minimum absolute atomic E-state index is 0.0327. The second kappa shape index (κ2) is 6.36. The first-order valence-corrected chi connectivity index (χ1v) is 6.64. The summed E-state index contributed by atoms with van der Waals surface area (Å²) in [7, 11) is 0. The molecule has 0 atom stereocenters. The highest BCUT2D eigenvalue weighted by Gasteiger charge is 2.20. The van der Waals surface area contributed by atoms with Crippen molar-refractivity contribution < 1.29 is 19.1 Å². The normalized spacial score (nSPS) is 13.8. The van der Waals surface area contributed by atoms with Crippen molar-refractivity contribution in [2.45, 2.75) is 25.7 Å². The molecule has 0 aliphatic heterocycles. The zero-order valence-electron chi connectivity index (χ0n) is 11.0. The van der Waals surface area contributed by atoms with Gasteiger partial charge in [-0.25, -0.2) is 14.0 Å². The summed E-state index contributed by atoms with van der Waals surface area (Å²) in [6.07, 6.45) is 4.60. The van der Waals surface area contributed by atoms with E-state index >= 15 is 0 Å². The summed E-state index contributed by atoms with van der Waals surface area (Å²) >= 11 is 0. The van der Waals surface area contributed by atoms with E-state index in [9.17, 15) is 14.0 Å². The smallest absolute Gasteiger partial charge is 0.335 e. The number of halogens is 1. The molecule has 0 saturated heterocycles. The van der Waals surface area contributed by atoms with Crippen LogP contribution in [0.25, 0.3) is 0 Å². The molecule has 1 saturated carbocycles. The van der Waals surface area contributed by atoms with Gasteiger partial charge in [-0.15, -0.1) is 0 Å². The molecular formula is C14H17FN2O3. The molecule has 0 heterocycles. The Bertz CT molecular complexity index is 515. The highest BCUT2D eigenvalue weighted by Crippen LogP contribution is 2.33. The zero-order valence-corrected chi connectivity index (χ0v) is 11.0. The van der Waals surface area contributed by atoms with Gasteiger partial charge < -0.3 is 15.7 Å². The van der Waals surface area contributed by atoms with Gasteiger partial charge in [-0.3, -0.25) is 0 Å². The Morgan fingerprint density at radius 2 is 2.10 bits per heavy atom. The molecule has 1 aromatic carbocycles. The van der Waals surface area contributed by atoms with Gasteiger partial charge in [-0.2, -0.15) is 0 Å². The number of rotatable bonds is 6. The number of urea groups is 1. The number of carbonyl (C=O) groups excluding carboxylic acids is 1. The van der Waals surface area contributed by atoms with Gasteiger partial charge in [0.25, 0.3) is 0 Å². The van der Waals surface area contributed by atoms with Crippen molar-refractivity contribution in [3.05, 3.63) is 29.6 Å². The minimum atomic E-state index is -1.21. The van der Waals surface area contributed by atoms with E-state index in [1.807, 2.05) is 0 Å². The number of carbonyl (C=O) groups is 2. The molecular weight excluding hydrogens is 263 g/mol. The largest absolute Gasteiger partial charge is 0.478 e. The summed E-state index contributed by atoms with van der Waals surface area (Å²) in [4.78, 5) is 22.2. The molecule has 1 aromatic rings. The van der Waals surface area contributed by atoms with Crippen molar-refractivity contribution in [3.8, 4) is 0 Å². The Hall–Kier alpha value is -2.11. The minimum Gasteiger partial charge on any atom is -0.478 e. The van der Waals surface area contributed by atoms with Crippen molar-refractivity contribution in [3.63, 3.8) is 0 Å². The lowest BCUT2D eigenvalue weighted by Gasteiger charge is -2.08. The van der Waals surface area contributed by atoms with E-state index < -0.39 is 17.8 Å². The second-order valence-electron chi connectivity index (χ2n) is 4.97. The SMILES string of the molecule is O=C(NCCCC1CC1)Nc1ccc(C(=O)O)cc1F. The predicted octanol–water partition coefficient (Wildman–Crippen LogP) is 2.84. The van der Waals surface area contributed by atoms with Crippen molar-refractivity contribution >= 4 is 17.7 Å². The molecule has 2 amide bonds. The van der Waals surface area contributed by atoms with Crippen molar-refractivity contribution in [2.24, 2.45) is 5.92 Å². The molecule has 0 aromatic heterocycles.